The molecule has 90 valence electrons. The number of hydrogen-bond acceptors (Lipinski definition) is 1. The van der Waals surface area contributed by atoms with E-state index in [0.717, 1.165) is 6.07 Å². The van der Waals surface area contributed by atoms with E-state index in [1.165, 1.54) is 19.9 Å². The number of rotatable bonds is 3. The molecular weight excluding hydrogens is 215 g/mol. The van der Waals surface area contributed by atoms with E-state index in [2.05, 4.69) is 0 Å². The van der Waals surface area contributed by atoms with Gasteiger partial charge in [0.15, 0.2) is 11.6 Å². The van der Waals surface area contributed by atoms with Crippen LogP contribution < -0.4 is 5.73 Å². The molecule has 0 saturated carbocycles. The number of benzene rings is 1. The summed E-state index contributed by atoms with van der Waals surface area (Å²) >= 11 is 0. The van der Waals surface area contributed by atoms with Crippen molar-refractivity contribution < 1.29 is 13.2 Å². The lowest BCUT2D eigenvalue weighted by Gasteiger charge is -2.18. The molecule has 0 radical (unpaired) electrons. The average Bonchev–Trinajstić information content (AvgIpc) is 2.19. The zero-order valence-electron chi connectivity index (χ0n) is 9.65. The first kappa shape index (κ1) is 13.0. The topological polar surface area (TPSA) is 26.0 Å². The molecule has 1 nitrogen and oxygen atoms in total. The van der Waals surface area contributed by atoms with Crippen LogP contribution in [0, 0.1) is 11.6 Å². The van der Waals surface area contributed by atoms with Crippen molar-refractivity contribution in [1.82, 2.24) is 0 Å². The van der Waals surface area contributed by atoms with Gasteiger partial charge in [0.2, 0.25) is 0 Å². The average molecular weight is 231 g/mol. The van der Waals surface area contributed by atoms with E-state index >= 15 is 0 Å². The Hall–Kier alpha value is -1.03. The summed E-state index contributed by atoms with van der Waals surface area (Å²) in [7, 11) is 0. The third kappa shape index (κ3) is 2.55. The zero-order chi connectivity index (χ0) is 12.5. The Bertz CT molecular complexity index is 383. The fourth-order valence-electron chi connectivity index (χ4n) is 1.44. The Labute approximate surface area is 93.5 Å². The maximum absolute atomic E-state index is 13.7. The van der Waals surface area contributed by atoms with Gasteiger partial charge in [-0.1, -0.05) is 6.92 Å². The Morgan fingerprint density at radius 2 is 1.88 bits per heavy atom. The van der Waals surface area contributed by atoms with Crippen LogP contribution in [0.5, 0.6) is 0 Å². The minimum atomic E-state index is -1.70. The molecule has 1 aromatic carbocycles. The minimum Gasteiger partial charge on any atom is -0.330 e. The third-order valence-electron chi connectivity index (χ3n) is 2.63. The second kappa shape index (κ2) is 4.45. The highest BCUT2D eigenvalue weighted by atomic mass is 19.2. The van der Waals surface area contributed by atoms with Crippen molar-refractivity contribution in [2.24, 2.45) is 5.73 Å². The van der Waals surface area contributed by atoms with E-state index in [-0.39, 0.29) is 23.6 Å². The van der Waals surface area contributed by atoms with E-state index in [4.69, 9.17) is 5.73 Å². The first-order chi connectivity index (χ1) is 7.27. The highest BCUT2D eigenvalue weighted by Crippen LogP contribution is 2.30. The second-order valence-corrected chi connectivity index (χ2v) is 4.47. The minimum absolute atomic E-state index is 0.127. The Balaban J connectivity index is 3.33. The predicted molar refractivity (Wildman–Crippen MR) is 58.0 cm³/mol. The molecule has 0 aliphatic heterocycles. The van der Waals surface area contributed by atoms with Crippen LogP contribution >= 0.6 is 0 Å². The van der Waals surface area contributed by atoms with Gasteiger partial charge in [-0.2, -0.15) is 0 Å². The fraction of sp³-hybridized carbons (Fsp3) is 0.500. The van der Waals surface area contributed by atoms with E-state index in [0.29, 0.717) is 0 Å². The molecule has 0 bridgehead atoms. The van der Waals surface area contributed by atoms with Gasteiger partial charge in [-0.3, -0.25) is 0 Å². The van der Waals surface area contributed by atoms with Crippen LogP contribution in [0.2, 0.25) is 0 Å². The normalized spacial score (nSPS) is 13.9. The van der Waals surface area contributed by atoms with Gasteiger partial charge in [0, 0.05) is 0 Å². The molecule has 0 aromatic heterocycles. The summed E-state index contributed by atoms with van der Waals surface area (Å²) in [4.78, 5) is 0. The van der Waals surface area contributed by atoms with E-state index < -0.39 is 17.3 Å². The number of hydrogen-bond donors (Lipinski definition) is 1. The lowest BCUT2D eigenvalue weighted by molar-refractivity contribution is 0.220. The summed E-state index contributed by atoms with van der Waals surface area (Å²) in [5.74, 6) is -2.30. The molecule has 1 rings (SSSR count). The molecule has 1 aromatic rings. The zero-order valence-corrected chi connectivity index (χ0v) is 9.65. The smallest absolute Gasteiger partial charge is 0.162 e. The Kier molecular flexibility index (Phi) is 3.63. The Morgan fingerprint density at radius 3 is 2.31 bits per heavy atom. The van der Waals surface area contributed by atoms with Crippen LogP contribution in [0.1, 0.15) is 37.8 Å². The van der Waals surface area contributed by atoms with Gasteiger partial charge < -0.3 is 5.73 Å². The summed E-state index contributed by atoms with van der Waals surface area (Å²) < 4.78 is 40.4. The molecular formula is C12H16F3N. The number of nitrogens with two attached hydrogens (primary N) is 1. The maximum Gasteiger partial charge on any atom is 0.162 e. The van der Waals surface area contributed by atoms with Crippen LogP contribution in [0.25, 0.3) is 0 Å². The molecule has 2 N–H and O–H groups in total. The maximum atomic E-state index is 13.7. The molecule has 0 heterocycles. The second-order valence-electron chi connectivity index (χ2n) is 4.47. The highest BCUT2D eigenvalue weighted by molar-refractivity contribution is 5.32. The monoisotopic (exact) mass is 231 g/mol. The van der Waals surface area contributed by atoms with Gasteiger partial charge >= 0.3 is 0 Å². The molecule has 1 atom stereocenters. The van der Waals surface area contributed by atoms with Gasteiger partial charge in [-0.05, 0) is 49.6 Å². The molecule has 4 heteroatoms. The van der Waals surface area contributed by atoms with Gasteiger partial charge in [-0.15, -0.1) is 0 Å². The van der Waals surface area contributed by atoms with Crippen molar-refractivity contribution in [2.75, 3.05) is 6.54 Å². The van der Waals surface area contributed by atoms with Crippen molar-refractivity contribution >= 4 is 0 Å². The largest absolute Gasteiger partial charge is 0.330 e. The first-order valence-electron chi connectivity index (χ1n) is 5.15. The van der Waals surface area contributed by atoms with Gasteiger partial charge in [0.1, 0.15) is 5.67 Å². The quantitative estimate of drug-likeness (QED) is 0.849. The third-order valence-corrected chi connectivity index (χ3v) is 2.63. The SMILES string of the molecule is CC(CN)c1cc(C(C)(C)F)cc(F)c1F. The molecule has 0 aliphatic rings. The molecule has 16 heavy (non-hydrogen) atoms. The van der Waals surface area contributed by atoms with Crippen molar-refractivity contribution in [3.05, 3.63) is 34.9 Å². The van der Waals surface area contributed by atoms with Crippen LogP contribution in [-0.4, -0.2) is 6.54 Å². The van der Waals surface area contributed by atoms with Crippen molar-refractivity contribution in [2.45, 2.75) is 32.4 Å². The van der Waals surface area contributed by atoms with Crippen molar-refractivity contribution in [1.29, 1.82) is 0 Å². The first-order valence-corrected chi connectivity index (χ1v) is 5.15. The summed E-state index contributed by atoms with van der Waals surface area (Å²) in [5.41, 5.74) is 3.96. The molecule has 0 fully saturated rings. The predicted octanol–water partition coefficient (Wildman–Crippen LogP) is 3.23. The molecule has 0 amide bonds. The summed E-state index contributed by atoms with van der Waals surface area (Å²) in [6, 6.07) is 2.23. The molecule has 0 saturated heterocycles. The van der Waals surface area contributed by atoms with E-state index in [1.807, 2.05) is 0 Å². The van der Waals surface area contributed by atoms with E-state index in [9.17, 15) is 13.2 Å². The molecule has 0 spiro atoms. The van der Waals surface area contributed by atoms with Crippen molar-refractivity contribution in [3.8, 4) is 0 Å². The summed E-state index contributed by atoms with van der Waals surface area (Å²) in [6.45, 7) is 4.46. The fourth-order valence-corrected chi connectivity index (χ4v) is 1.44. The Morgan fingerprint density at radius 1 is 1.31 bits per heavy atom. The van der Waals surface area contributed by atoms with Gasteiger partial charge in [0.25, 0.3) is 0 Å². The number of alkyl halides is 1. The number of halogens is 3. The van der Waals surface area contributed by atoms with Crippen LogP contribution in [0.4, 0.5) is 13.2 Å². The molecule has 1 unspecified atom stereocenters. The van der Waals surface area contributed by atoms with Crippen LogP contribution in [0.15, 0.2) is 12.1 Å². The van der Waals surface area contributed by atoms with E-state index in [1.54, 1.807) is 6.92 Å². The molecule has 0 aliphatic carbocycles. The standard InChI is InChI=1S/C12H16F3N/c1-7(6-16)9-4-8(12(2,3)15)5-10(13)11(9)14/h4-5,7H,6,16H2,1-3H3. The summed E-state index contributed by atoms with van der Waals surface area (Å²) in [6.07, 6.45) is 0. The van der Waals surface area contributed by atoms with Crippen molar-refractivity contribution in [3.63, 3.8) is 0 Å². The lowest BCUT2D eigenvalue weighted by atomic mass is 9.92. The van der Waals surface area contributed by atoms with Crippen LogP contribution in [-0.2, 0) is 5.67 Å². The summed E-state index contributed by atoms with van der Waals surface area (Å²) in [5, 5.41) is 0. The van der Waals surface area contributed by atoms with Gasteiger partial charge in [-0.25, -0.2) is 13.2 Å². The highest BCUT2D eigenvalue weighted by Gasteiger charge is 2.24. The lowest BCUT2D eigenvalue weighted by Crippen LogP contribution is -2.15. The van der Waals surface area contributed by atoms with Crippen LogP contribution in [0.3, 0.4) is 0 Å². The van der Waals surface area contributed by atoms with Gasteiger partial charge in [0.05, 0.1) is 0 Å².